The molecule has 0 aromatic heterocycles. The van der Waals surface area contributed by atoms with Gasteiger partial charge in [-0.05, 0) is 25.3 Å². The first-order valence-electron chi connectivity index (χ1n) is 9.48. The first kappa shape index (κ1) is 29.1. The maximum Gasteiger partial charge on any atom is 2.00 e. The van der Waals surface area contributed by atoms with Gasteiger partial charge in [-0.1, -0.05) is 90.6 Å². The number of carbonyl (C=O) groups is 2. The average molecular weight is 406 g/mol. The van der Waals surface area contributed by atoms with E-state index in [2.05, 4.69) is 13.5 Å². The quantitative estimate of drug-likeness (QED) is 0.237. The second-order valence-electron chi connectivity index (χ2n) is 6.43. The Bertz CT molecular complexity index is 318. The molecule has 0 fully saturated rings. The maximum atomic E-state index is 10.2. The Morgan fingerprint density at radius 1 is 0.720 bits per heavy atom. The van der Waals surface area contributed by atoms with E-state index in [-0.39, 0.29) is 31.5 Å². The smallest absolute Gasteiger partial charge is 0.550 e. The van der Waals surface area contributed by atoms with Gasteiger partial charge < -0.3 is 19.8 Å². The van der Waals surface area contributed by atoms with Crippen molar-refractivity contribution in [3.63, 3.8) is 0 Å². The van der Waals surface area contributed by atoms with Crippen molar-refractivity contribution in [2.75, 3.05) is 0 Å². The first-order valence-corrected chi connectivity index (χ1v) is 9.48. The summed E-state index contributed by atoms with van der Waals surface area (Å²) >= 11 is 0. The van der Waals surface area contributed by atoms with Gasteiger partial charge in [-0.2, -0.15) is 0 Å². The molecule has 4 nitrogen and oxygen atoms in total. The second-order valence-corrected chi connectivity index (χ2v) is 6.43. The molecule has 0 aliphatic carbocycles. The Hall–Kier alpha value is -0.697. The zero-order valence-corrected chi connectivity index (χ0v) is 19.4. The molecule has 0 bridgehead atoms. The van der Waals surface area contributed by atoms with E-state index in [9.17, 15) is 19.8 Å². The van der Waals surface area contributed by atoms with Crippen LogP contribution in [0.3, 0.4) is 0 Å². The molecule has 0 aliphatic rings. The van der Waals surface area contributed by atoms with Crippen molar-refractivity contribution >= 4 is 11.9 Å². The van der Waals surface area contributed by atoms with Crippen LogP contribution in [-0.4, -0.2) is 11.9 Å². The summed E-state index contributed by atoms with van der Waals surface area (Å²) in [6, 6.07) is 0. The van der Waals surface area contributed by atoms with E-state index >= 15 is 0 Å². The predicted octanol–water partition coefficient (Wildman–Crippen LogP) is 3.53. The molecule has 25 heavy (non-hydrogen) atoms. The number of rotatable bonds is 15. The summed E-state index contributed by atoms with van der Waals surface area (Å²) in [6.07, 6.45) is 16.9. The number of aliphatic carboxylic acids is 2. The molecule has 0 saturated carbocycles. The summed E-state index contributed by atoms with van der Waals surface area (Å²) < 4.78 is 0. The van der Waals surface area contributed by atoms with E-state index in [0.29, 0.717) is 0 Å². The van der Waals surface area contributed by atoms with Gasteiger partial charge in [-0.15, -0.1) is 0 Å². The number of carbonyl (C=O) groups excluding carboxylic acids is 2. The average Bonchev–Trinajstić information content (AvgIpc) is 2.52. The molecule has 0 aromatic rings. The van der Waals surface area contributed by atoms with E-state index in [1.807, 2.05) is 0 Å². The maximum absolute atomic E-state index is 10.2. The molecule has 0 aromatic carbocycles. The molecule has 0 N–H and O–H groups in total. The minimum atomic E-state index is -1.19. The fourth-order valence-electron chi connectivity index (χ4n) is 2.29. The Morgan fingerprint density at radius 3 is 1.24 bits per heavy atom. The molecule has 0 spiro atoms. The standard InChI is InChI=1S/C16H32O2.C4H6O2.Zn/c1-2-3-4-5-6-7-8-9-10-11-12-13-14-15-16(17)18;1-3(2)4(5)6;/h2-15H2,1H3,(H,17,18);1H2,2H3,(H,5,6);/q;;+2/p-2. The molecular weight excluding hydrogens is 370 g/mol. The van der Waals surface area contributed by atoms with E-state index in [1.165, 1.54) is 77.6 Å². The van der Waals surface area contributed by atoms with Crippen LogP contribution in [0.15, 0.2) is 12.2 Å². The SMILES string of the molecule is C=C(C)C(=O)[O-].CCCCCCCCCCCCCCCC(=O)[O-].[Zn+2]. The van der Waals surface area contributed by atoms with Gasteiger partial charge in [0.1, 0.15) is 0 Å². The summed E-state index contributed by atoms with van der Waals surface area (Å²) in [7, 11) is 0. The number of carboxylic acid groups (broad SMARTS) is 2. The third-order valence-corrected chi connectivity index (χ3v) is 3.83. The first-order chi connectivity index (χ1) is 11.4. The third kappa shape index (κ3) is 31.6. The van der Waals surface area contributed by atoms with Crippen molar-refractivity contribution in [2.45, 2.75) is 104 Å². The van der Waals surface area contributed by atoms with Crippen LogP contribution in [0.1, 0.15) is 104 Å². The summed E-state index contributed by atoms with van der Waals surface area (Å²) in [6.45, 7) is 6.73. The zero-order chi connectivity index (χ0) is 18.6. The summed E-state index contributed by atoms with van der Waals surface area (Å²) in [5.74, 6) is -2.09. The van der Waals surface area contributed by atoms with Crippen LogP contribution in [0, 0.1) is 0 Å². The molecule has 0 heterocycles. The van der Waals surface area contributed by atoms with Crippen molar-refractivity contribution in [3.8, 4) is 0 Å². The van der Waals surface area contributed by atoms with Gasteiger partial charge in [0.15, 0.2) is 0 Å². The van der Waals surface area contributed by atoms with Gasteiger partial charge in [-0.25, -0.2) is 0 Å². The molecular formula is C20H36O4Zn. The van der Waals surface area contributed by atoms with Crippen molar-refractivity contribution in [1.29, 1.82) is 0 Å². The van der Waals surface area contributed by atoms with Crippen LogP contribution in [-0.2, 0) is 29.1 Å². The Kier molecular flexibility index (Phi) is 27.1. The predicted molar refractivity (Wildman–Crippen MR) is 95.1 cm³/mol. The number of unbranched alkanes of at least 4 members (excludes halogenated alkanes) is 12. The Labute approximate surface area is 167 Å². The topological polar surface area (TPSA) is 80.3 Å². The van der Waals surface area contributed by atoms with Crippen LogP contribution in [0.25, 0.3) is 0 Å². The van der Waals surface area contributed by atoms with E-state index in [1.54, 1.807) is 0 Å². The number of hydrogen-bond donors (Lipinski definition) is 0. The summed E-state index contributed by atoms with van der Waals surface area (Å²) in [4.78, 5) is 19.7. The van der Waals surface area contributed by atoms with Crippen molar-refractivity contribution in [3.05, 3.63) is 12.2 Å². The van der Waals surface area contributed by atoms with E-state index < -0.39 is 11.9 Å². The zero-order valence-electron chi connectivity index (χ0n) is 16.4. The largest absolute Gasteiger partial charge is 2.00 e. The molecule has 0 rings (SSSR count). The molecule has 0 atom stereocenters. The van der Waals surface area contributed by atoms with Gasteiger partial charge in [-0.3, -0.25) is 0 Å². The van der Waals surface area contributed by atoms with Crippen LogP contribution >= 0.6 is 0 Å². The minimum absolute atomic E-state index is 0. The molecule has 0 unspecified atom stereocenters. The molecule has 142 valence electrons. The summed E-state index contributed by atoms with van der Waals surface area (Å²) in [5, 5.41) is 19.7. The van der Waals surface area contributed by atoms with Gasteiger partial charge in [0.25, 0.3) is 0 Å². The van der Waals surface area contributed by atoms with E-state index in [0.717, 1.165) is 12.8 Å². The fraction of sp³-hybridized carbons (Fsp3) is 0.800. The molecule has 5 heteroatoms. The molecule has 0 aliphatic heterocycles. The number of carboxylic acids is 2. The van der Waals surface area contributed by atoms with Gasteiger partial charge in [0.2, 0.25) is 0 Å². The van der Waals surface area contributed by atoms with Crippen molar-refractivity contribution < 1.29 is 39.3 Å². The van der Waals surface area contributed by atoms with Crippen LogP contribution in [0.2, 0.25) is 0 Å². The number of hydrogen-bond acceptors (Lipinski definition) is 4. The molecule has 0 saturated heterocycles. The van der Waals surface area contributed by atoms with Crippen LogP contribution < -0.4 is 10.2 Å². The Morgan fingerprint density at radius 2 is 1.00 bits per heavy atom. The Balaban J connectivity index is -0.000000592. The molecule has 0 radical (unpaired) electrons. The molecule has 0 amide bonds. The van der Waals surface area contributed by atoms with Gasteiger partial charge in [0, 0.05) is 5.97 Å². The van der Waals surface area contributed by atoms with Gasteiger partial charge in [0.05, 0.1) is 5.97 Å². The van der Waals surface area contributed by atoms with Gasteiger partial charge >= 0.3 is 19.5 Å². The second kappa shape index (κ2) is 23.3. The monoisotopic (exact) mass is 404 g/mol. The fourth-order valence-corrected chi connectivity index (χ4v) is 2.29. The normalized spacial score (nSPS) is 9.52. The summed E-state index contributed by atoms with van der Waals surface area (Å²) in [5.41, 5.74) is 0.0648. The van der Waals surface area contributed by atoms with Crippen molar-refractivity contribution in [2.24, 2.45) is 0 Å². The third-order valence-electron chi connectivity index (χ3n) is 3.83. The van der Waals surface area contributed by atoms with Crippen LogP contribution in [0.5, 0.6) is 0 Å². The van der Waals surface area contributed by atoms with E-state index in [4.69, 9.17) is 0 Å². The minimum Gasteiger partial charge on any atom is -0.550 e. The van der Waals surface area contributed by atoms with Crippen LogP contribution in [0.4, 0.5) is 0 Å². The van der Waals surface area contributed by atoms with Crippen molar-refractivity contribution in [1.82, 2.24) is 0 Å².